The molecule has 1 saturated carbocycles. The molecule has 0 radical (unpaired) electrons. The summed E-state index contributed by atoms with van der Waals surface area (Å²) in [6.07, 6.45) is 5.23. The van der Waals surface area contributed by atoms with Crippen molar-refractivity contribution < 1.29 is 8.42 Å². The van der Waals surface area contributed by atoms with Crippen LogP contribution in [-0.2, 0) is 10.0 Å². The van der Waals surface area contributed by atoms with E-state index < -0.39 is 10.0 Å². The zero-order valence-electron chi connectivity index (χ0n) is 12.8. The van der Waals surface area contributed by atoms with E-state index in [1.165, 1.54) is 12.8 Å². The lowest BCUT2D eigenvalue weighted by Gasteiger charge is -2.27. The summed E-state index contributed by atoms with van der Waals surface area (Å²) in [4.78, 5) is 2.22. The zero-order chi connectivity index (χ0) is 14.6. The van der Waals surface area contributed by atoms with E-state index in [0.29, 0.717) is 18.3 Å². The van der Waals surface area contributed by atoms with Crippen LogP contribution in [0.3, 0.4) is 0 Å². The van der Waals surface area contributed by atoms with Gasteiger partial charge in [-0.25, -0.2) is 8.42 Å². The Morgan fingerprint density at radius 1 is 1.20 bits per heavy atom. The molecule has 1 aliphatic heterocycles. The average Bonchev–Trinajstić information content (AvgIpc) is 3.17. The van der Waals surface area contributed by atoms with Crippen LogP contribution in [0.5, 0.6) is 0 Å². The maximum atomic E-state index is 12.5. The van der Waals surface area contributed by atoms with Gasteiger partial charge in [0.15, 0.2) is 0 Å². The van der Waals surface area contributed by atoms with Crippen LogP contribution in [0.15, 0.2) is 0 Å². The van der Waals surface area contributed by atoms with Crippen molar-refractivity contribution in [1.82, 2.24) is 14.5 Å². The Bertz CT molecular complexity index is 395. The zero-order valence-corrected chi connectivity index (χ0v) is 13.7. The van der Waals surface area contributed by atoms with Crippen molar-refractivity contribution in [3.63, 3.8) is 0 Å². The number of nitrogens with one attached hydrogen (secondary N) is 1. The molecule has 6 heteroatoms. The van der Waals surface area contributed by atoms with Gasteiger partial charge in [-0.1, -0.05) is 0 Å². The Balaban J connectivity index is 1.75. The third-order valence-corrected chi connectivity index (χ3v) is 6.24. The highest BCUT2D eigenvalue weighted by Gasteiger charge is 2.29. The third-order valence-electron chi connectivity index (χ3n) is 4.18. The molecule has 0 aromatic rings. The van der Waals surface area contributed by atoms with Crippen molar-refractivity contribution in [2.75, 3.05) is 39.0 Å². The van der Waals surface area contributed by atoms with E-state index in [2.05, 4.69) is 17.3 Å². The molecule has 5 nitrogen and oxygen atoms in total. The molecule has 0 aromatic carbocycles. The quantitative estimate of drug-likeness (QED) is 0.709. The number of hydrogen-bond donors (Lipinski definition) is 1. The molecule has 1 N–H and O–H groups in total. The first kappa shape index (κ1) is 16.2. The van der Waals surface area contributed by atoms with Crippen molar-refractivity contribution in [1.29, 1.82) is 0 Å². The van der Waals surface area contributed by atoms with Crippen LogP contribution in [0.1, 0.15) is 39.0 Å². The summed E-state index contributed by atoms with van der Waals surface area (Å²) in [5.41, 5.74) is 0. The number of unbranched alkanes of at least 4 members (excludes halogenated alkanes) is 1. The van der Waals surface area contributed by atoms with Gasteiger partial charge >= 0.3 is 0 Å². The number of sulfonamides is 1. The Morgan fingerprint density at radius 2 is 1.95 bits per heavy atom. The lowest BCUT2D eigenvalue weighted by atomic mass is 10.3. The van der Waals surface area contributed by atoms with Gasteiger partial charge in [0.2, 0.25) is 10.0 Å². The highest BCUT2D eigenvalue weighted by Crippen LogP contribution is 2.18. The Morgan fingerprint density at radius 3 is 2.65 bits per heavy atom. The van der Waals surface area contributed by atoms with E-state index in [1.54, 1.807) is 4.31 Å². The van der Waals surface area contributed by atoms with Crippen molar-refractivity contribution in [2.45, 2.75) is 51.1 Å². The molecule has 20 heavy (non-hydrogen) atoms. The second-order valence-corrected chi connectivity index (χ2v) is 8.37. The largest absolute Gasteiger partial charge is 0.314 e. The molecule has 1 atom stereocenters. The fourth-order valence-corrected chi connectivity index (χ4v) is 4.71. The Labute approximate surface area is 123 Å². The summed E-state index contributed by atoms with van der Waals surface area (Å²) in [6.45, 7) is 5.48. The van der Waals surface area contributed by atoms with Gasteiger partial charge in [-0.05, 0) is 59.2 Å². The lowest BCUT2D eigenvalue weighted by molar-refractivity contribution is 0.290. The van der Waals surface area contributed by atoms with E-state index in [0.717, 1.165) is 38.9 Å². The van der Waals surface area contributed by atoms with Gasteiger partial charge in [0.25, 0.3) is 0 Å². The molecular weight excluding hydrogens is 274 g/mol. The first-order chi connectivity index (χ1) is 9.49. The third kappa shape index (κ3) is 4.98. The molecule has 1 saturated heterocycles. The normalized spacial score (nSPS) is 26.6. The van der Waals surface area contributed by atoms with Gasteiger partial charge in [-0.15, -0.1) is 0 Å². The summed E-state index contributed by atoms with van der Waals surface area (Å²) >= 11 is 0. The average molecular weight is 303 g/mol. The molecule has 0 aromatic heterocycles. The number of rotatable bonds is 7. The van der Waals surface area contributed by atoms with Gasteiger partial charge in [0.1, 0.15) is 0 Å². The standard InChI is InChI=1S/C14H29N3O2S/c1-13-12-16(2)9-5-10-17(13)20(18,19)11-4-3-8-15-14-6-7-14/h13-15H,3-12H2,1-2H3. The van der Waals surface area contributed by atoms with Crippen LogP contribution in [-0.4, -0.2) is 68.7 Å². The first-order valence-electron chi connectivity index (χ1n) is 7.90. The van der Waals surface area contributed by atoms with Crippen LogP contribution in [0.2, 0.25) is 0 Å². The SMILES string of the molecule is CC1CN(C)CCCN1S(=O)(=O)CCCCNC1CC1. The summed E-state index contributed by atoms with van der Waals surface area (Å²) < 4.78 is 26.6. The summed E-state index contributed by atoms with van der Waals surface area (Å²) in [6, 6.07) is 0.810. The molecule has 2 aliphatic rings. The van der Waals surface area contributed by atoms with Gasteiger partial charge in [-0.2, -0.15) is 4.31 Å². The Hall–Kier alpha value is -0.170. The summed E-state index contributed by atoms with van der Waals surface area (Å²) in [5.74, 6) is 0.299. The van der Waals surface area contributed by atoms with Crippen molar-refractivity contribution in [2.24, 2.45) is 0 Å². The van der Waals surface area contributed by atoms with Crippen LogP contribution in [0, 0.1) is 0 Å². The fraction of sp³-hybridized carbons (Fsp3) is 1.00. The van der Waals surface area contributed by atoms with E-state index in [-0.39, 0.29) is 6.04 Å². The van der Waals surface area contributed by atoms with Crippen LogP contribution in [0.4, 0.5) is 0 Å². The topological polar surface area (TPSA) is 52.7 Å². The second kappa shape index (κ2) is 7.20. The van der Waals surface area contributed by atoms with E-state index in [9.17, 15) is 8.42 Å². The van der Waals surface area contributed by atoms with Gasteiger partial charge in [0, 0.05) is 25.2 Å². The van der Waals surface area contributed by atoms with E-state index in [1.807, 2.05) is 6.92 Å². The highest BCUT2D eigenvalue weighted by atomic mass is 32.2. The molecule has 118 valence electrons. The maximum absolute atomic E-state index is 12.5. The molecule has 0 spiro atoms. The lowest BCUT2D eigenvalue weighted by Crippen LogP contribution is -2.43. The predicted molar refractivity (Wildman–Crippen MR) is 82.3 cm³/mol. The smallest absolute Gasteiger partial charge is 0.214 e. The number of likely N-dealkylation sites (N-methyl/N-ethyl adjacent to an activating group) is 1. The molecule has 2 fully saturated rings. The highest BCUT2D eigenvalue weighted by molar-refractivity contribution is 7.89. The molecular formula is C14H29N3O2S. The number of nitrogens with zero attached hydrogens (tertiary/aromatic N) is 2. The maximum Gasteiger partial charge on any atom is 0.214 e. The van der Waals surface area contributed by atoms with E-state index >= 15 is 0 Å². The minimum atomic E-state index is -3.09. The summed E-state index contributed by atoms with van der Waals surface area (Å²) in [5, 5.41) is 3.43. The minimum absolute atomic E-state index is 0.0945. The first-order valence-corrected chi connectivity index (χ1v) is 9.51. The van der Waals surface area contributed by atoms with Crippen LogP contribution >= 0.6 is 0 Å². The van der Waals surface area contributed by atoms with E-state index in [4.69, 9.17) is 0 Å². The van der Waals surface area contributed by atoms with Crippen molar-refractivity contribution in [3.8, 4) is 0 Å². The Kier molecular flexibility index (Phi) is 5.84. The number of hydrogen-bond acceptors (Lipinski definition) is 4. The fourth-order valence-electron chi connectivity index (χ4n) is 2.88. The van der Waals surface area contributed by atoms with Crippen LogP contribution < -0.4 is 5.32 Å². The molecule has 2 rings (SSSR count). The molecule has 1 unspecified atom stereocenters. The monoisotopic (exact) mass is 303 g/mol. The molecule has 0 amide bonds. The van der Waals surface area contributed by atoms with Crippen molar-refractivity contribution in [3.05, 3.63) is 0 Å². The molecule has 1 aliphatic carbocycles. The minimum Gasteiger partial charge on any atom is -0.314 e. The van der Waals surface area contributed by atoms with Gasteiger partial charge < -0.3 is 10.2 Å². The molecule has 0 bridgehead atoms. The summed E-state index contributed by atoms with van der Waals surface area (Å²) in [7, 11) is -1.02. The molecule has 1 heterocycles. The second-order valence-electron chi connectivity index (χ2n) is 6.33. The van der Waals surface area contributed by atoms with Gasteiger partial charge in [0.05, 0.1) is 5.75 Å². The van der Waals surface area contributed by atoms with Crippen LogP contribution in [0.25, 0.3) is 0 Å². The van der Waals surface area contributed by atoms with Crippen molar-refractivity contribution >= 4 is 10.0 Å². The predicted octanol–water partition coefficient (Wildman–Crippen LogP) is 0.874. The van der Waals surface area contributed by atoms with Gasteiger partial charge in [-0.3, -0.25) is 0 Å².